The van der Waals surface area contributed by atoms with Crippen LogP contribution in [0.15, 0.2) is 0 Å². The van der Waals surface area contributed by atoms with Crippen molar-refractivity contribution in [3.63, 3.8) is 0 Å². The summed E-state index contributed by atoms with van der Waals surface area (Å²) in [6.07, 6.45) is 1.25. The number of rotatable bonds is 0. The molecule has 0 amide bonds. The summed E-state index contributed by atoms with van der Waals surface area (Å²) in [5.41, 5.74) is 0. The van der Waals surface area contributed by atoms with Gasteiger partial charge in [0.1, 0.15) is 0 Å². The van der Waals surface area contributed by atoms with Gasteiger partial charge in [-0.25, -0.2) is 0 Å². The Bertz CT molecular complexity index is 6.85. The maximum absolute atomic E-state index is 2.12. The molecule has 0 aromatic rings. The summed E-state index contributed by atoms with van der Waals surface area (Å²) in [6.45, 7) is 4.25. The summed E-state index contributed by atoms with van der Waals surface area (Å²) in [4.78, 5) is 0. The molecule has 0 aromatic carbocycles. The minimum Gasteiger partial charge on any atom is -1.00 e. The Balaban J connectivity index is -0.0000000200. The molecule has 0 heterocycles. The standard InChI is InChI=1S/C3H8.Cs.H/c1-3-2;;/h3H2,1-2H3;;/q;+1;-1. The zero-order valence-corrected chi connectivity index (χ0v) is 9.99. The first-order valence-corrected chi connectivity index (χ1v) is 1.41. The van der Waals surface area contributed by atoms with Gasteiger partial charge in [-0.3, -0.25) is 0 Å². The van der Waals surface area contributed by atoms with Crippen molar-refractivity contribution < 1.29 is 70.3 Å². The molecule has 0 N–H and O–H groups in total. The van der Waals surface area contributed by atoms with E-state index >= 15 is 0 Å². The van der Waals surface area contributed by atoms with Gasteiger partial charge in [0.25, 0.3) is 0 Å². The van der Waals surface area contributed by atoms with Crippen LogP contribution in [0.25, 0.3) is 0 Å². The molecule has 0 aromatic heterocycles. The maximum Gasteiger partial charge on any atom is 1.00 e. The molecule has 0 aliphatic heterocycles. The molecule has 0 bridgehead atoms. The molecule has 1 heteroatoms. The van der Waals surface area contributed by atoms with Crippen molar-refractivity contribution in [2.45, 2.75) is 20.3 Å². The van der Waals surface area contributed by atoms with E-state index in [1.165, 1.54) is 6.42 Å². The van der Waals surface area contributed by atoms with Gasteiger partial charge >= 0.3 is 68.9 Å². The molecule has 0 fully saturated rings. The van der Waals surface area contributed by atoms with Crippen LogP contribution < -0.4 is 68.9 Å². The van der Waals surface area contributed by atoms with Gasteiger partial charge in [-0.1, -0.05) is 20.3 Å². The first-order chi connectivity index (χ1) is 1.41. The quantitative estimate of drug-likeness (QED) is 0.425. The van der Waals surface area contributed by atoms with Crippen molar-refractivity contribution >= 4 is 0 Å². The molecule has 22 valence electrons. The fourth-order valence-electron chi connectivity index (χ4n) is 0. The molecule has 0 rings (SSSR count). The summed E-state index contributed by atoms with van der Waals surface area (Å²) in [5, 5.41) is 0. The average molecular weight is 178 g/mol. The van der Waals surface area contributed by atoms with Crippen molar-refractivity contribution in [2.75, 3.05) is 0 Å². The van der Waals surface area contributed by atoms with E-state index in [-0.39, 0.29) is 70.3 Å². The second kappa shape index (κ2) is 8.90. The van der Waals surface area contributed by atoms with Crippen LogP contribution >= 0.6 is 0 Å². The molecule has 0 saturated carbocycles. The SMILES string of the molecule is CCC.[Cs+].[H-]. The molecule has 0 unspecified atom stereocenters. The van der Waals surface area contributed by atoms with Gasteiger partial charge in [0.05, 0.1) is 0 Å². The van der Waals surface area contributed by atoms with E-state index in [0.29, 0.717) is 0 Å². The summed E-state index contributed by atoms with van der Waals surface area (Å²) < 4.78 is 0. The Morgan fingerprint density at radius 3 is 1.50 bits per heavy atom. The van der Waals surface area contributed by atoms with Crippen LogP contribution in [-0.4, -0.2) is 0 Å². The van der Waals surface area contributed by atoms with Gasteiger partial charge in [-0.15, -0.1) is 0 Å². The molecule has 0 atom stereocenters. The van der Waals surface area contributed by atoms with Crippen LogP contribution in [0.2, 0.25) is 0 Å². The first-order valence-electron chi connectivity index (χ1n) is 1.41. The van der Waals surface area contributed by atoms with Gasteiger partial charge < -0.3 is 1.43 Å². The van der Waals surface area contributed by atoms with Gasteiger partial charge in [-0.2, -0.15) is 0 Å². The smallest absolute Gasteiger partial charge is 1.00 e. The van der Waals surface area contributed by atoms with Gasteiger partial charge in [-0.05, 0) is 0 Å². The van der Waals surface area contributed by atoms with Gasteiger partial charge in [0.15, 0.2) is 0 Å². The van der Waals surface area contributed by atoms with Crippen LogP contribution in [0, 0.1) is 0 Å². The van der Waals surface area contributed by atoms with Crippen molar-refractivity contribution in [2.24, 2.45) is 0 Å². The Morgan fingerprint density at radius 2 is 1.50 bits per heavy atom. The van der Waals surface area contributed by atoms with E-state index in [1.54, 1.807) is 0 Å². The molecule has 4 heavy (non-hydrogen) atoms. The van der Waals surface area contributed by atoms with Crippen molar-refractivity contribution in [3.8, 4) is 0 Å². The molecule has 0 radical (unpaired) electrons. The zero-order chi connectivity index (χ0) is 2.71. The van der Waals surface area contributed by atoms with Crippen molar-refractivity contribution in [1.82, 2.24) is 0 Å². The topological polar surface area (TPSA) is 0 Å². The molecular weight excluding hydrogens is 169 g/mol. The van der Waals surface area contributed by atoms with Crippen LogP contribution in [0.1, 0.15) is 21.7 Å². The van der Waals surface area contributed by atoms with E-state index < -0.39 is 0 Å². The zero-order valence-electron chi connectivity index (χ0n) is 4.71. The second-order valence-corrected chi connectivity index (χ2v) is 0.707. The summed E-state index contributed by atoms with van der Waals surface area (Å²) >= 11 is 0. The van der Waals surface area contributed by atoms with E-state index in [0.717, 1.165) is 0 Å². The molecule has 0 aliphatic rings. The predicted molar refractivity (Wildman–Crippen MR) is 17.1 cm³/mol. The second-order valence-electron chi connectivity index (χ2n) is 0.707. The largest absolute Gasteiger partial charge is 1.00 e. The molecule has 0 aliphatic carbocycles. The van der Waals surface area contributed by atoms with Crippen molar-refractivity contribution in [3.05, 3.63) is 0 Å². The molecular formula is C3H9Cs. The predicted octanol–water partition coefficient (Wildman–Crippen LogP) is -1.47. The van der Waals surface area contributed by atoms with Gasteiger partial charge in [0, 0.05) is 0 Å². The fourth-order valence-corrected chi connectivity index (χ4v) is 0. The number of hydrogen-bond acceptors (Lipinski definition) is 0. The third-order valence-corrected chi connectivity index (χ3v) is 0. The number of hydrogen-bond donors (Lipinski definition) is 0. The summed E-state index contributed by atoms with van der Waals surface area (Å²) in [5.74, 6) is 0. The maximum atomic E-state index is 2.12. The third-order valence-electron chi connectivity index (χ3n) is 0. The fraction of sp³-hybridized carbons (Fsp3) is 1.00. The molecule has 0 spiro atoms. The Kier molecular flexibility index (Phi) is 20.9. The van der Waals surface area contributed by atoms with Crippen molar-refractivity contribution in [1.29, 1.82) is 0 Å². The van der Waals surface area contributed by atoms with Crippen LogP contribution in [0.5, 0.6) is 0 Å². The first kappa shape index (κ1) is 9.41. The van der Waals surface area contributed by atoms with E-state index in [2.05, 4.69) is 13.8 Å². The van der Waals surface area contributed by atoms with E-state index in [1.807, 2.05) is 0 Å². The minimum atomic E-state index is 0. The minimum absolute atomic E-state index is 0. The normalized spacial score (nSPS) is 4.50. The monoisotopic (exact) mass is 178 g/mol. The summed E-state index contributed by atoms with van der Waals surface area (Å²) in [7, 11) is 0. The Hall–Kier alpha value is 2.05. The van der Waals surface area contributed by atoms with Crippen LogP contribution in [0.4, 0.5) is 0 Å². The van der Waals surface area contributed by atoms with E-state index in [4.69, 9.17) is 0 Å². The van der Waals surface area contributed by atoms with Gasteiger partial charge in [0.2, 0.25) is 0 Å². The van der Waals surface area contributed by atoms with Crippen LogP contribution in [0.3, 0.4) is 0 Å². The van der Waals surface area contributed by atoms with Crippen LogP contribution in [-0.2, 0) is 0 Å². The Morgan fingerprint density at radius 1 is 1.50 bits per heavy atom. The third kappa shape index (κ3) is 8.96. The molecule has 0 nitrogen and oxygen atoms in total. The Labute approximate surface area is 88.3 Å². The average Bonchev–Trinajstić information content (AvgIpc) is 0.918. The summed E-state index contributed by atoms with van der Waals surface area (Å²) in [6, 6.07) is 0. The van der Waals surface area contributed by atoms with E-state index in [9.17, 15) is 0 Å². The molecule has 0 saturated heterocycles.